The highest BCUT2D eigenvalue weighted by molar-refractivity contribution is 9.10. The van der Waals surface area contributed by atoms with Crippen molar-refractivity contribution in [2.24, 2.45) is 0 Å². The molecule has 21 heavy (non-hydrogen) atoms. The highest BCUT2D eigenvalue weighted by atomic mass is 79.9. The van der Waals surface area contributed by atoms with Gasteiger partial charge in [0, 0.05) is 17.6 Å². The fraction of sp³-hybridized carbons (Fsp3) is 0.571. The molecule has 1 N–H and O–H groups in total. The quantitative estimate of drug-likeness (QED) is 0.884. The van der Waals surface area contributed by atoms with Crippen LogP contribution in [0.3, 0.4) is 0 Å². The van der Waals surface area contributed by atoms with Crippen LogP contribution in [0.1, 0.15) is 12.5 Å². The van der Waals surface area contributed by atoms with Gasteiger partial charge in [-0.25, -0.2) is 0 Å². The Hall–Kier alpha value is -0.790. The molecule has 0 bridgehead atoms. The summed E-state index contributed by atoms with van der Waals surface area (Å²) >= 11 is 3.27. The maximum Gasteiger partial charge on any atom is 0.416 e. The lowest BCUT2D eigenvalue weighted by Gasteiger charge is -2.38. The summed E-state index contributed by atoms with van der Waals surface area (Å²) in [4.78, 5) is 2.09. The average molecular weight is 367 g/mol. The van der Waals surface area contributed by atoms with Crippen molar-refractivity contribution in [3.8, 4) is 0 Å². The zero-order valence-corrected chi connectivity index (χ0v) is 13.3. The van der Waals surface area contributed by atoms with Crippen molar-refractivity contribution in [3.63, 3.8) is 0 Å². The molecule has 3 nitrogen and oxygen atoms in total. The average Bonchev–Trinajstić information content (AvgIpc) is 2.44. The third-order valence-corrected chi connectivity index (χ3v) is 4.08. The summed E-state index contributed by atoms with van der Waals surface area (Å²) in [5.74, 6) is 0. The topological polar surface area (TPSA) is 24.5 Å². The Labute approximate surface area is 130 Å². The molecule has 0 radical (unpaired) electrons. The van der Waals surface area contributed by atoms with Gasteiger partial charge in [-0.1, -0.05) is 6.92 Å². The maximum absolute atomic E-state index is 12.7. The fourth-order valence-corrected chi connectivity index (χ4v) is 2.97. The monoisotopic (exact) mass is 366 g/mol. The second-order valence-electron chi connectivity index (χ2n) is 4.89. The van der Waals surface area contributed by atoms with Gasteiger partial charge in [-0.15, -0.1) is 0 Å². The number of rotatable bonds is 4. The van der Waals surface area contributed by atoms with Crippen LogP contribution in [-0.4, -0.2) is 38.9 Å². The number of benzene rings is 1. The molecule has 0 aliphatic carbocycles. The number of nitrogens with one attached hydrogen (secondary N) is 1. The summed E-state index contributed by atoms with van der Waals surface area (Å²) in [6.45, 7) is 5.42. The zero-order valence-electron chi connectivity index (χ0n) is 11.7. The van der Waals surface area contributed by atoms with Crippen LogP contribution in [0.15, 0.2) is 22.7 Å². The third-order valence-electron chi connectivity index (χ3n) is 3.44. The van der Waals surface area contributed by atoms with Gasteiger partial charge in [0.1, 0.15) is 0 Å². The summed E-state index contributed by atoms with van der Waals surface area (Å²) in [6, 6.07) is 3.90. The molecule has 1 aliphatic rings. The van der Waals surface area contributed by atoms with E-state index in [0.29, 0.717) is 24.2 Å². The molecule has 118 valence electrons. The normalized spacial score (nSPS) is 19.9. The number of likely N-dealkylation sites (N-methyl/N-ethyl adjacent to an activating group) is 1. The largest absolute Gasteiger partial charge is 0.416 e. The van der Waals surface area contributed by atoms with Crippen LogP contribution >= 0.6 is 15.9 Å². The van der Waals surface area contributed by atoms with E-state index in [1.807, 2.05) is 6.92 Å². The lowest BCUT2D eigenvalue weighted by Crippen LogP contribution is -2.50. The smallest absolute Gasteiger partial charge is 0.377 e. The summed E-state index contributed by atoms with van der Waals surface area (Å²) in [5.41, 5.74) is 0.129. The molecule has 1 fully saturated rings. The van der Waals surface area contributed by atoms with E-state index in [0.717, 1.165) is 30.9 Å². The molecule has 1 saturated heterocycles. The van der Waals surface area contributed by atoms with Gasteiger partial charge < -0.3 is 15.0 Å². The van der Waals surface area contributed by atoms with Gasteiger partial charge in [-0.2, -0.15) is 13.2 Å². The maximum atomic E-state index is 12.7. The van der Waals surface area contributed by atoms with Crippen molar-refractivity contribution in [2.75, 3.05) is 37.7 Å². The minimum absolute atomic E-state index is 0.117. The summed E-state index contributed by atoms with van der Waals surface area (Å²) < 4.78 is 44.1. The van der Waals surface area contributed by atoms with Crippen LogP contribution in [-0.2, 0) is 10.9 Å². The molecule has 0 amide bonds. The third kappa shape index (κ3) is 4.11. The first-order valence-electron chi connectivity index (χ1n) is 6.85. The second-order valence-corrected chi connectivity index (χ2v) is 5.75. The van der Waals surface area contributed by atoms with Gasteiger partial charge in [0.05, 0.1) is 30.5 Å². The van der Waals surface area contributed by atoms with Gasteiger partial charge in [-0.05, 0) is 40.7 Å². The Morgan fingerprint density at radius 3 is 2.81 bits per heavy atom. The Kier molecular flexibility index (Phi) is 5.51. The van der Waals surface area contributed by atoms with E-state index < -0.39 is 11.7 Å². The molecule has 1 unspecified atom stereocenters. The van der Waals surface area contributed by atoms with Crippen LogP contribution < -0.4 is 10.2 Å². The predicted molar refractivity (Wildman–Crippen MR) is 79.6 cm³/mol. The molecule has 1 atom stereocenters. The zero-order chi connectivity index (χ0) is 15.5. The van der Waals surface area contributed by atoms with Crippen molar-refractivity contribution in [1.82, 2.24) is 5.32 Å². The number of alkyl halides is 3. The minimum Gasteiger partial charge on any atom is -0.377 e. The van der Waals surface area contributed by atoms with Crippen LogP contribution in [0.5, 0.6) is 0 Å². The van der Waals surface area contributed by atoms with Gasteiger partial charge >= 0.3 is 6.18 Å². The number of halogens is 4. The number of anilines is 1. The first-order chi connectivity index (χ1) is 9.93. The number of hydrogen-bond donors (Lipinski definition) is 1. The van der Waals surface area contributed by atoms with Crippen LogP contribution in [0, 0.1) is 0 Å². The van der Waals surface area contributed by atoms with Crippen LogP contribution in [0.2, 0.25) is 0 Å². The molecule has 1 aromatic carbocycles. The molecule has 7 heteroatoms. The highest BCUT2D eigenvalue weighted by Crippen LogP contribution is 2.36. The number of ether oxygens (including phenoxy) is 1. The molecule has 0 aromatic heterocycles. The Balaban J connectivity index is 2.22. The lowest BCUT2D eigenvalue weighted by molar-refractivity contribution is -0.137. The molecule has 0 saturated carbocycles. The van der Waals surface area contributed by atoms with Gasteiger partial charge in [0.25, 0.3) is 0 Å². The first-order valence-corrected chi connectivity index (χ1v) is 7.64. The molecule has 2 rings (SSSR count). The molecule has 1 aromatic rings. The van der Waals surface area contributed by atoms with E-state index in [1.54, 1.807) is 0 Å². The van der Waals surface area contributed by atoms with Crippen molar-refractivity contribution < 1.29 is 17.9 Å². The number of hydrogen-bond acceptors (Lipinski definition) is 3. The fourth-order valence-electron chi connectivity index (χ4n) is 2.37. The van der Waals surface area contributed by atoms with Gasteiger partial charge in [0.15, 0.2) is 0 Å². The SMILES string of the molecule is CCNCC1COCCN1c1ccc(C(F)(F)F)cc1Br. The molecule has 1 aliphatic heterocycles. The van der Waals surface area contributed by atoms with Gasteiger partial charge in [-0.3, -0.25) is 0 Å². The molecular formula is C14H18BrF3N2O. The standard InChI is InChI=1S/C14H18BrF3N2O/c1-2-19-8-11-9-21-6-5-20(11)13-4-3-10(7-12(13)15)14(16,17)18/h3-4,7,11,19H,2,5-6,8-9H2,1H3. The molecular weight excluding hydrogens is 349 g/mol. The summed E-state index contributed by atoms with van der Waals surface area (Å²) in [5, 5.41) is 3.26. The Morgan fingerprint density at radius 2 is 2.19 bits per heavy atom. The van der Waals surface area contributed by atoms with E-state index >= 15 is 0 Å². The summed E-state index contributed by atoms with van der Waals surface area (Å²) in [7, 11) is 0. The van der Waals surface area contributed by atoms with E-state index in [-0.39, 0.29) is 6.04 Å². The summed E-state index contributed by atoms with van der Waals surface area (Å²) in [6.07, 6.45) is -4.32. The van der Waals surface area contributed by atoms with Gasteiger partial charge in [0.2, 0.25) is 0 Å². The van der Waals surface area contributed by atoms with Crippen molar-refractivity contribution in [2.45, 2.75) is 19.1 Å². The second kappa shape index (κ2) is 6.98. The lowest BCUT2D eigenvalue weighted by atomic mass is 10.1. The Bertz CT molecular complexity index is 482. The van der Waals surface area contributed by atoms with E-state index in [4.69, 9.17) is 4.74 Å². The highest BCUT2D eigenvalue weighted by Gasteiger charge is 2.32. The van der Waals surface area contributed by atoms with Crippen LogP contribution in [0.25, 0.3) is 0 Å². The first kappa shape index (κ1) is 16.6. The van der Waals surface area contributed by atoms with E-state index in [9.17, 15) is 13.2 Å². The Morgan fingerprint density at radius 1 is 1.43 bits per heavy atom. The van der Waals surface area contributed by atoms with Crippen molar-refractivity contribution >= 4 is 21.6 Å². The van der Waals surface area contributed by atoms with Crippen LogP contribution in [0.4, 0.5) is 18.9 Å². The minimum atomic E-state index is -4.32. The van der Waals surface area contributed by atoms with Crippen molar-refractivity contribution in [3.05, 3.63) is 28.2 Å². The van der Waals surface area contributed by atoms with E-state index in [2.05, 4.69) is 26.1 Å². The predicted octanol–water partition coefficient (Wildman–Crippen LogP) is 3.28. The number of morpholine rings is 1. The van der Waals surface area contributed by atoms with Crippen molar-refractivity contribution in [1.29, 1.82) is 0 Å². The molecule has 1 heterocycles. The van der Waals surface area contributed by atoms with E-state index in [1.165, 1.54) is 6.07 Å². The number of nitrogens with zero attached hydrogens (tertiary/aromatic N) is 1. The molecule has 0 spiro atoms.